The largest absolute Gasteiger partial charge is 0.464 e. The number of aliphatic imine (C=N–C) groups is 2. The molecule has 8 heteroatoms. The van der Waals surface area contributed by atoms with Gasteiger partial charge in [0.05, 0.1) is 19.2 Å². The van der Waals surface area contributed by atoms with E-state index in [0.29, 0.717) is 24.8 Å². The fraction of sp³-hybridized carbons (Fsp3) is 0.368. The van der Waals surface area contributed by atoms with Crippen LogP contribution in [0.25, 0.3) is 0 Å². The number of aliphatic hydroxyl groups excluding tert-OH is 1. The highest BCUT2D eigenvalue weighted by molar-refractivity contribution is 8.28. The molecule has 7 nitrogen and oxygen atoms in total. The van der Waals surface area contributed by atoms with E-state index in [2.05, 4.69) is 14.9 Å². The van der Waals surface area contributed by atoms with Crippen LogP contribution < -0.4 is 9.47 Å². The van der Waals surface area contributed by atoms with Crippen molar-refractivity contribution < 1.29 is 19.0 Å². The van der Waals surface area contributed by atoms with E-state index < -0.39 is 6.10 Å². The standard InChI is InChI=1S/C19H21N3O4S/c1-12(23)8-20-18-21-19(27-18)22(10-15-5-3-13(2)26-15)9-14-4-6-16-17(7-14)25-11-24-16/h3-7,12,23H,8-11H2,1-2H3. The van der Waals surface area contributed by atoms with E-state index >= 15 is 0 Å². The second-order valence-electron chi connectivity index (χ2n) is 6.52. The zero-order valence-corrected chi connectivity index (χ0v) is 16.0. The zero-order chi connectivity index (χ0) is 18.8. The fourth-order valence-electron chi connectivity index (χ4n) is 2.79. The number of amidine groups is 2. The van der Waals surface area contributed by atoms with Crippen molar-refractivity contribution in [3.8, 4) is 11.5 Å². The number of hydrogen-bond donors (Lipinski definition) is 1. The van der Waals surface area contributed by atoms with Crippen molar-refractivity contribution in [1.29, 1.82) is 0 Å². The van der Waals surface area contributed by atoms with Gasteiger partial charge in [0, 0.05) is 6.54 Å². The number of furan rings is 1. The van der Waals surface area contributed by atoms with E-state index in [1.165, 1.54) is 11.8 Å². The summed E-state index contributed by atoms with van der Waals surface area (Å²) in [5.74, 6) is 3.31. The molecule has 2 aliphatic rings. The van der Waals surface area contributed by atoms with Gasteiger partial charge in [-0.2, -0.15) is 4.99 Å². The van der Waals surface area contributed by atoms with Crippen LogP contribution in [0.15, 0.2) is 44.7 Å². The minimum Gasteiger partial charge on any atom is -0.464 e. The van der Waals surface area contributed by atoms with Crippen LogP contribution in [0.3, 0.4) is 0 Å². The van der Waals surface area contributed by atoms with Crippen LogP contribution in [-0.4, -0.2) is 39.8 Å². The minimum absolute atomic E-state index is 0.264. The Kier molecular flexibility index (Phi) is 5.09. The van der Waals surface area contributed by atoms with Crippen LogP contribution in [0.5, 0.6) is 11.5 Å². The molecule has 2 aliphatic heterocycles. The van der Waals surface area contributed by atoms with Gasteiger partial charge in [0.1, 0.15) is 11.5 Å². The molecule has 1 aromatic carbocycles. The number of aliphatic hydroxyl groups is 1. The Morgan fingerprint density at radius 2 is 2.04 bits per heavy atom. The SMILES string of the molecule is Cc1ccc(CN(Cc2ccc3c(c2)OCO3)C2=NC(=NCC(C)O)S2)o1. The van der Waals surface area contributed by atoms with Crippen molar-refractivity contribution in [3.63, 3.8) is 0 Å². The fourth-order valence-corrected chi connectivity index (χ4v) is 3.48. The molecule has 2 aromatic rings. The quantitative estimate of drug-likeness (QED) is 0.820. The van der Waals surface area contributed by atoms with Crippen LogP contribution in [-0.2, 0) is 13.1 Å². The highest BCUT2D eigenvalue weighted by atomic mass is 32.2. The molecule has 1 N–H and O–H groups in total. The highest BCUT2D eigenvalue weighted by Crippen LogP contribution is 2.34. The molecule has 27 heavy (non-hydrogen) atoms. The van der Waals surface area contributed by atoms with Gasteiger partial charge in [-0.3, -0.25) is 4.99 Å². The summed E-state index contributed by atoms with van der Waals surface area (Å²) in [6, 6.07) is 9.89. The molecule has 1 atom stereocenters. The Morgan fingerprint density at radius 1 is 1.22 bits per heavy atom. The Labute approximate surface area is 161 Å². The lowest BCUT2D eigenvalue weighted by molar-refractivity contribution is 0.174. The maximum absolute atomic E-state index is 9.36. The molecule has 0 saturated heterocycles. The first-order chi connectivity index (χ1) is 13.1. The summed E-state index contributed by atoms with van der Waals surface area (Å²) in [7, 11) is 0. The van der Waals surface area contributed by atoms with Gasteiger partial charge in [0.25, 0.3) is 0 Å². The Bertz CT molecular complexity index is 891. The Balaban J connectivity index is 1.51. The van der Waals surface area contributed by atoms with Crippen molar-refractivity contribution in [2.24, 2.45) is 9.98 Å². The lowest BCUT2D eigenvalue weighted by atomic mass is 10.2. The van der Waals surface area contributed by atoms with Gasteiger partial charge in [-0.1, -0.05) is 6.07 Å². The van der Waals surface area contributed by atoms with E-state index in [4.69, 9.17) is 13.9 Å². The maximum Gasteiger partial charge on any atom is 0.231 e. The molecule has 0 saturated carbocycles. The van der Waals surface area contributed by atoms with Gasteiger partial charge in [-0.05, 0) is 55.4 Å². The zero-order valence-electron chi connectivity index (χ0n) is 15.2. The van der Waals surface area contributed by atoms with Gasteiger partial charge >= 0.3 is 0 Å². The van der Waals surface area contributed by atoms with Crippen LogP contribution in [0.1, 0.15) is 24.0 Å². The summed E-state index contributed by atoms with van der Waals surface area (Å²) in [6.07, 6.45) is -0.465. The van der Waals surface area contributed by atoms with Crippen molar-refractivity contribution >= 4 is 22.1 Å². The summed E-state index contributed by atoms with van der Waals surface area (Å²) >= 11 is 1.51. The third kappa shape index (κ3) is 4.28. The van der Waals surface area contributed by atoms with Gasteiger partial charge in [-0.15, -0.1) is 0 Å². The van der Waals surface area contributed by atoms with E-state index in [1.54, 1.807) is 6.92 Å². The molecule has 0 fully saturated rings. The molecule has 3 heterocycles. The predicted octanol–water partition coefficient (Wildman–Crippen LogP) is 3.16. The van der Waals surface area contributed by atoms with Crippen molar-refractivity contribution in [2.75, 3.05) is 13.3 Å². The van der Waals surface area contributed by atoms with E-state index in [-0.39, 0.29) is 6.79 Å². The van der Waals surface area contributed by atoms with Crippen molar-refractivity contribution in [1.82, 2.24) is 4.90 Å². The first kappa shape index (κ1) is 17.9. The molecule has 4 rings (SSSR count). The lowest BCUT2D eigenvalue weighted by Crippen LogP contribution is -2.33. The van der Waals surface area contributed by atoms with Gasteiger partial charge in [0.2, 0.25) is 6.79 Å². The first-order valence-electron chi connectivity index (χ1n) is 8.74. The van der Waals surface area contributed by atoms with Crippen LogP contribution in [0.4, 0.5) is 0 Å². The maximum atomic E-state index is 9.36. The van der Waals surface area contributed by atoms with Crippen molar-refractivity contribution in [2.45, 2.75) is 33.0 Å². The third-order valence-electron chi connectivity index (χ3n) is 4.09. The Morgan fingerprint density at radius 3 is 2.78 bits per heavy atom. The second-order valence-corrected chi connectivity index (χ2v) is 7.46. The summed E-state index contributed by atoms with van der Waals surface area (Å²) in [6.45, 7) is 5.54. The summed E-state index contributed by atoms with van der Waals surface area (Å²) in [4.78, 5) is 10.9. The topological polar surface area (TPSA) is 79.8 Å². The second kappa shape index (κ2) is 7.66. The van der Waals surface area contributed by atoms with Crippen LogP contribution in [0.2, 0.25) is 0 Å². The molecule has 1 aromatic heterocycles. The smallest absolute Gasteiger partial charge is 0.231 e. The summed E-state index contributed by atoms with van der Waals surface area (Å²) in [5.41, 5.74) is 1.10. The van der Waals surface area contributed by atoms with Crippen LogP contribution >= 0.6 is 11.8 Å². The van der Waals surface area contributed by atoms with Crippen molar-refractivity contribution in [3.05, 3.63) is 47.4 Å². The molecular formula is C19H21N3O4S. The average molecular weight is 387 g/mol. The molecule has 0 bridgehead atoms. The third-order valence-corrected chi connectivity index (χ3v) is 5.02. The number of ether oxygens (including phenoxy) is 2. The molecule has 0 aliphatic carbocycles. The average Bonchev–Trinajstić information content (AvgIpc) is 3.21. The number of fused-ring (bicyclic) bond motifs is 1. The summed E-state index contributed by atoms with van der Waals surface area (Å²) in [5, 5.41) is 10.9. The van der Waals surface area contributed by atoms with Gasteiger partial charge in [-0.25, -0.2) is 0 Å². The number of aryl methyl sites for hydroxylation is 1. The minimum atomic E-state index is -0.465. The van der Waals surface area contributed by atoms with E-state index in [0.717, 1.165) is 33.8 Å². The predicted molar refractivity (Wildman–Crippen MR) is 104 cm³/mol. The number of nitrogens with zero attached hydrogens (tertiary/aromatic N) is 3. The van der Waals surface area contributed by atoms with Crippen LogP contribution in [0, 0.1) is 6.92 Å². The molecular weight excluding hydrogens is 366 g/mol. The molecule has 1 unspecified atom stereocenters. The number of hydrogen-bond acceptors (Lipinski definition) is 7. The lowest BCUT2D eigenvalue weighted by Gasteiger charge is -2.29. The molecule has 0 spiro atoms. The normalized spacial score (nSPS) is 17.6. The van der Waals surface area contributed by atoms with E-state index in [9.17, 15) is 5.11 Å². The number of thioether (sulfide) groups is 1. The van der Waals surface area contributed by atoms with E-state index in [1.807, 2.05) is 37.3 Å². The monoisotopic (exact) mass is 387 g/mol. The van der Waals surface area contributed by atoms with Gasteiger partial charge < -0.3 is 23.9 Å². The summed E-state index contributed by atoms with van der Waals surface area (Å²) < 4.78 is 16.6. The highest BCUT2D eigenvalue weighted by Gasteiger charge is 2.25. The molecule has 0 radical (unpaired) electrons. The number of rotatable bonds is 6. The Hall–Kier alpha value is -2.45. The van der Waals surface area contributed by atoms with Gasteiger partial charge in [0.15, 0.2) is 21.8 Å². The molecule has 142 valence electrons. The molecule has 0 amide bonds. The first-order valence-corrected chi connectivity index (χ1v) is 9.56. The number of benzene rings is 1.